The zero-order valence-electron chi connectivity index (χ0n) is 8.26. The molecule has 0 atom stereocenters. The number of nitrogens with zero attached hydrogens (tertiary/aromatic N) is 1. The van der Waals surface area contributed by atoms with E-state index in [2.05, 4.69) is 21.3 Å². The van der Waals surface area contributed by atoms with Crippen molar-refractivity contribution in [3.63, 3.8) is 0 Å². The fourth-order valence-electron chi connectivity index (χ4n) is 0.897. The highest BCUT2D eigenvalue weighted by molar-refractivity contribution is 6.33. The predicted molar refractivity (Wildman–Crippen MR) is 55.6 cm³/mol. The Morgan fingerprint density at radius 3 is 2.33 bits per heavy atom. The van der Waals surface area contributed by atoms with Gasteiger partial charge in [-0.2, -0.15) is 22.6 Å². The number of carbonyl (C=O) groups excluding carboxylic acids is 1. The van der Waals surface area contributed by atoms with Crippen molar-refractivity contribution in [2.24, 2.45) is 4.99 Å². The number of isocyanates is 1. The Balaban J connectivity index is 3.00. The molecule has 1 aromatic rings. The van der Waals surface area contributed by atoms with Crippen LogP contribution in [0.25, 0.3) is 0 Å². The molecule has 0 radical (unpaired) electrons. The van der Waals surface area contributed by atoms with E-state index in [-0.39, 0.29) is 10.7 Å². The summed E-state index contributed by atoms with van der Waals surface area (Å²) in [5.74, 6) is -0.657. The highest BCUT2D eigenvalue weighted by Crippen LogP contribution is 2.40. The van der Waals surface area contributed by atoms with Gasteiger partial charge in [0, 0.05) is 6.07 Å². The highest BCUT2D eigenvalue weighted by Gasteiger charge is 2.58. The molecule has 0 N–H and O–H groups in total. The SMILES string of the molecule is O=C=Nc1ccc(OC(F)(F)C(F)(F)Cl)cc1Cl. The van der Waals surface area contributed by atoms with Crippen molar-refractivity contribution in [1.82, 2.24) is 0 Å². The van der Waals surface area contributed by atoms with Gasteiger partial charge in [0.05, 0.1) is 10.7 Å². The van der Waals surface area contributed by atoms with Crippen molar-refractivity contribution in [2.45, 2.75) is 11.5 Å². The molecule has 0 aliphatic rings. The summed E-state index contributed by atoms with van der Waals surface area (Å²) in [6.45, 7) is 0. The summed E-state index contributed by atoms with van der Waals surface area (Å²) in [6.07, 6.45) is -3.73. The van der Waals surface area contributed by atoms with E-state index in [1.54, 1.807) is 0 Å². The Hall–Kier alpha value is -1.30. The summed E-state index contributed by atoms with van der Waals surface area (Å²) >= 11 is 9.72. The molecule has 0 heterocycles. The minimum absolute atomic E-state index is 0.0695. The van der Waals surface area contributed by atoms with Crippen LogP contribution >= 0.6 is 23.2 Å². The maximum atomic E-state index is 12.8. The van der Waals surface area contributed by atoms with Gasteiger partial charge in [-0.25, -0.2) is 4.79 Å². The summed E-state index contributed by atoms with van der Waals surface area (Å²) in [5, 5.41) is -5.12. The topological polar surface area (TPSA) is 38.7 Å². The van der Waals surface area contributed by atoms with Gasteiger partial charge in [0.25, 0.3) is 0 Å². The van der Waals surface area contributed by atoms with Crippen LogP contribution in [0, 0.1) is 0 Å². The average molecular weight is 304 g/mol. The van der Waals surface area contributed by atoms with Crippen molar-refractivity contribution in [2.75, 3.05) is 0 Å². The molecule has 98 valence electrons. The first-order valence-electron chi connectivity index (χ1n) is 4.18. The summed E-state index contributed by atoms with van der Waals surface area (Å²) in [4.78, 5) is 13.1. The third-order valence-corrected chi connectivity index (χ3v) is 2.18. The van der Waals surface area contributed by atoms with Crippen LogP contribution in [0.15, 0.2) is 23.2 Å². The van der Waals surface area contributed by atoms with Gasteiger partial charge in [-0.05, 0) is 23.7 Å². The predicted octanol–water partition coefficient (Wildman–Crippen LogP) is 4.11. The second-order valence-electron chi connectivity index (χ2n) is 2.93. The number of alkyl halides is 5. The van der Waals surface area contributed by atoms with E-state index >= 15 is 0 Å². The van der Waals surface area contributed by atoms with E-state index in [0.717, 1.165) is 18.2 Å². The van der Waals surface area contributed by atoms with E-state index in [1.165, 1.54) is 6.08 Å². The lowest BCUT2D eigenvalue weighted by Gasteiger charge is -2.21. The monoisotopic (exact) mass is 303 g/mol. The molecule has 0 spiro atoms. The molecule has 0 fully saturated rings. The Bertz CT molecular complexity index is 498. The zero-order valence-corrected chi connectivity index (χ0v) is 9.78. The number of rotatable bonds is 4. The van der Waals surface area contributed by atoms with Gasteiger partial charge in [0.2, 0.25) is 6.08 Å². The number of aliphatic imine (C=N–C) groups is 1. The maximum Gasteiger partial charge on any atom is 0.480 e. The normalized spacial score (nSPS) is 11.9. The van der Waals surface area contributed by atoms with Crippen LogP contribution in [-0.2, 0) is 4.79 Å². The first-order chi connectivity index (χ1) is 8.17. The van der Waals surface area contributed by atoms with Crippen LogP contribution in [0.2, 0.25) is 5.02 Å². The van der Waals surface area contributed by atoms with Crippen molar-refractivity contribution >= 4 is 35.0 Å². The Morgan fingerprint density at radius 2 is 1.89 bits per heavy atom. The molecule has 0 aromatic heterocycles. The molecular weight excluding hydrogens is 301 g/mol. The lowest BCUT2D eigenvalue weighted by molar-refractivity contribution is -0.273. The molecule has 9 heteroatoms. The van der Waals surface area contributed by atoms with Gasteiger partial charge >= 0.3 is 11.5 Å². The smallest absolute Gasteiger partial charge is 0.427 e. The summed E-state index contributed by atoms with van der Waals surface area (Å²) < 4.78 is 53.8. The number of ether oxygens (including phenoxy) is 1. The Labute approximate surface area is 108 Å². The molecule has 1 rings (SSSR count). The summed E-state index contributed by atoms with van der Waals surface area (Å²) in [6, 6.07) is 2.68. The average Bonchev–Trinajstić information content (AvgIpc) is 2.20. The quantitative estimate of drug-likeness (QED) is 0.363. The van der Waals surface area contributed by atoms with Crippen molar-refractivity contribution in [3.05, 3.63) is 23.2 Å². The molecule has 18 heavy (non-hydrogen) atoms. The van der Waals surface area contributed by atoms with E-state index in [1.807, 2.05) is 0 Å². The minimum Gasteiger partial charge on any atom is -0.427 e. The van der Waals surface area contributed by atoms with Gasteiger partial charge in [-0.3, -0.25) is 0 Å². The lowest BCUT2D eigenvalue weighted by Crippen LogP contribution is -2.41. The van der Waals surface area contributed by atoms with Gasteiger partial charge in [-0.15, -0.1) is 0 Å². The third-order valence-electron chi connectivity index (χ3n) is 1.66. The van der Waals surface area contributed by atoms with Crippen LogP contribution in [0.1, 0.15) is 0 Å². The number of halogens is 6. The van der Waals surface area contributed by atoms with Crippen LogP contribution in [-0.4, -0.2) is 17.6 Å². The van der Waals surface area contributed by atoms with Crippen LogP contribution in [0.5, 0.6) is 5.75 Å². The molecule has 0 aliphatic carbocycles. The molecule has 3 nitrogen and oxygen atoms in total. The van der Waals surface area contributed by atoms with E-state index in [9.17, 15) is 22.4 Å². The summed E-state index contributed by atoms with van der Waals surface area (Å²) in [7, 11) is 0. The lowest BCUT2D eigenvalue weighted by atomic mass is 10.3. The van der Waals surface area contributed by atoms with Gasteiger partial charge in [0.1, 0.15) is 5.75 Å². The van der Waals surface area contributed by atoms with Crippen LogP contribution < -0.4 is 4.74 Å². The van der Waals surface area contributed by atoms with Crippen molar-refractivity contribution in [3.8, 4) is 5.75 Å². The van der Waals surface area contributed by atoms with E-state index in [0.29, 0.717) is 0 Å². The Kier molecular flexibility index (Phi) is 4.21. The first kappa shape index (κ1) is 14.8. The number of benzene rings is 1. The van der Waals surface area contributed by atoms with Crippen molar-refractivity contribution < 1.29 is 27.1 Å². The first-order valence-corrected chi connectivity index (χ1v) is 4.94. The minimum atomic E-state index is -4.91. The largest absolute Gasteiger partial charge is 0.480 e. The van der Waals surface area contributed by atoms with Gasteiger partial charge < -0.3 is 4.74 Å². The molecule has 0 saturated carbocycles. The maximum absolute atomic E-state index is 12.8. The molecule has 0 amide bonds. The molecule has 0 aliphatic heterocycles. The van der Waals surface area contributed by atoms with Crippen molar-refractivity contribution in [1.29, 1.82) is 0 Å². The summed E-state index contributed by atoms with van der Waals surface area (Å²) in [5.41, 5.74) is -0.0695. The zero-order chi connectivity index (χ0) is 14.0. The molecule has 0 bridgehead atoms. The van der Waals surface area contributed by atoms with Crippen LogP contribution in [0.3, 0.4) is 0 Å². The standard InChI is InChI=1S/C9H3Cl2F4NO2/c10-6-3-5(1-2-7(6)16-4-17)18-9(14,15)8(11,12)13/h1-3H. The van der Waals surface area contributed by atoms with Crippen LogP contribution in [0.4, 0.5) is 23.2 Å². The molecule has 0 saturated heterocycles. The van der Waals surface area contributed by atoms with E-state index < -0.39 is 17.2 Å². The van der Waals surface area contributed by atoms with Gasteiger partial charge in [0.15, 0.2) is 0 Å². The van der Waals surface area contributed by atoms with E-state index in [4.69, 9.17) is 11.6 Å². The fourth-order valence-corrected chi connectivity index (χ4v) is 1.15. The molecule has 1 aromatic carbocycles. The second kappa shape index (κ2) is 5.14. The third kappa shape index (κ3) is 3.35. The Morgan fingerprint density at radius 1 is 1.28 bits per heavy atom. The highest BCUT2D eigenvalue weighted by atomic mass is 35.5. The molecule has 0 unspecified atom stereocenters. The fraction of sp³-hybridized carbons (Fsp3) is 0.222. The molecular formula is C9H3Cl2F4NO2. The van der Waals surface area contributed by atoms with Gasteiger partial charge in [-0.1, -0.05) is 11.6 Å². The number of hydrogen-bond donors (Lipinski definition) is 0. The number of hydrogen-bond acceptors (Lipinski definition) is 3. The second-order valence-corrected chi connectivity index (χ2v) is 3.81.